The van der Waals surface area contributed by atoms with Crippen LogP contribution in [0.4, 0.5) is 0 Å². The largest absolute Gasteiger partial charge is 0.498 e. The Bertz CT molecular complexity index is 266. The van der Waals surface area contributed by atoms with Gasteiger partial charge in [-0.25, -0.2) is 0 Å². The average Bonchev–Trinajstić information content (AvgIpc) is 2.25. The molecule has 1 rings (SSSR count). The van der Waals surface area contributed by atoms with Crippen LogP contribution in [-0.2, 0) is 4.74 Å². The number of ether oxygens (including phenoxy) is 1. The fourth-order valence-electron chi connectivity index (χ4n) is 2.83. The van der Waals surface area contributed by atoms with E-state index in [9.17, 15) is 5.21 Å². The van der Waals surface area contributed by atoms with E-state index in [-0.39, 0.29) is 17.2 Å². The Morgan fingerprint density at radius 3 is 2.28 bits per heavy atom. The summed E-state index contributed by atoms with van der Waals surface area (Å²) in [6.07, 6.45) is 9.36. The van der Waals surface area contributed by atoms with E-state index in [2.05, 4.69) is 40.7 Å². The summed E-state index contributed by atoms with van der Waals surface area (Å²) in [6, 6.07) is 0. The molecule has 0 bridgehead atoms. The van der Waals surface area contributed by atoms with E-state index in [0.29, 0.717) is 0 Å². The molecule has 0 atom stereocenters. The van der Waals surface area contributed by atoms with E-state index < -0.39 is 0 Å². The smallest absolute Gasteiger partial charge is 0.101 e. The molecular formula is C15H29NO2. The summed E-state index contributed by atoms with van der Waals surface area (Å²) in [5.41, 5.74) is -0.465. The maximum atomic E-state index is 10.2. The van der Waals surface area contributed by atoms with Crippen molar-refractivity contribution in [3.63, 3.8) is 0 Å². The number of hydroxylamine groups is 2. The predicted molar refractivity (Wildman–Crippen MR) is 74.6 cm³/mol. The van der Waals surface area contributed by atoms with Gasteiger partial charge in [0.15, 0.2) is 0 Å². The summed E-state index contributed by atoms with van der Waals surface area (Å²) in [6.45, 7) is 10.4. The maximum Gasteiger partial charge on any atom is 0.101 e. The monoisotopic (exact) mass is 255 g/mol. The second-order valence-electron chi connectivity index (χ2n) is 6.62. The topological polar surface area (TPSA) is 32.7 Å². The highest BCUT2D eigenvalue weighted by Crippen LogP contribution is 2.37. The SMILES string of the molecule is CCCCC=COC1CC(C)(C)N(O)C(C)(C)C1. The molecule has 0 aromatic carbocycles. The number of rotatable bonds is 5. The molecule has 0 radical (unpaired) electrons. The third kappa shape index (κ3) is 3.99. The van der Waals surface area contributed by atoms with Gasteiger partial charge in [0.05, 0.1) is 6.26 Å². The van der Waals surface area contributed by atoms with Gasteiger partial charge in [0.1, 0.15) is 6.10 Å². The first kappa shape index (κ1) is 15.5. The van der Waals surface area contributed by atoms with Gasteiger partial charge in [0, 0.05) is 23.9 Å². The summed E-state index contributed by atoms with van der Waals surface area (Å²) < 4.78 is 5.83. The van der Waals surface area contributed by atoms with Crippen LogP contribution in [0.1, 0.15) is 66.7 Å². The second-order valence-corrected chi connectivity index (χ2v) is 6.62. The van der Waals surface area contributed by atoms with Crippen LogP contribution in [0, 0.1) is 0 Å². The van der Waals surface area contributed by atoms with Gasteiger partial charge in [0.25, 0.3) is 0 Å². The minimum absolute atomic E-state index is 0.191. The molecule has 0 unspecified atom stereocenters. The lowest BCUT2D eigenvalue weighted by atomic mass is 9.80. The molecule has 1 fully saturated rings. The van der Waals surface area contributed by atoms with Crippen molar-refractivity contribution in [1.29, 1.82) is 0 Å². The first-order valence-corrected chi connectivity index (χ1v) is 7.09. The van der Waals surface area contributed by atoms with E-state index in [1.54, 1.807) is 0 Å². The molecule has 0 saturated carbocycles. The molecule has 0 aliphatic carbocycles. The van der Waals surface area contributed by atoms with Crippen molar-refractivity contribution in [2.24, 2.45) is 0 Å². The number of hydrogen-bond acceptors (Lipinski definition) is 3. The lowest BCUT2D eigenvalue weighted by Gasteiger charge is -2.50. The van der Waals surface area contributed by atoms with E-state index in [1.165, 1.54) is 17.9 Å². The molecule has 3 heteroatoms. The number of unbranched alkanes of at least 4 members (excludes halogenated alkanes) is 2. The van der Waals surface area contributed by atoms with Crippen LogP contribution < -0.4 is 0 Å². The number of piperidine rings is 1. The van der Waals surface area contributed by atoms with Crippen molar-refractivity contribution in [1.82, 2.24) is 5.06 Å². The first-order chi connectivity index (χ1) is 8.29. The average molecular weight is 255 g/mol. The zero-order chi connectivity index (χ0) is 13.8. The van der Waals surface area contributed by atoms with Gasteiger partial charge in [-0.1, -0.05) is 13.3 Å². The quantitative estimate of drug-likeness (QED) is 0.592. The van der Waals surface area contributed by atoms with Crippen molar-refractivity contribution in [2.45, 2.75) is 83.9 Å². The zero-order valence-electron chi connectivity index (χ0n) is 12.6. The third-order valence-corrected chi connectivity index (χ3v) is 3.69. The third-order valence-electron chi connectivity index (χ3n) is 3.69. The Morgan fingerprint density at radius 1 is 1.22 bits per heavy atom. The first-order valence-electron chi connectivity index (χ1n) is 7.09. The number of hydrogen-bond donors (Lipinski definition) is 1. The van der Waals surface area contributed by atoms with Crippen LogP contribution in [0.25, 0.3) is 0 Å². The molecular weight excluding hydrogens is 226 g/mol. The van der Waals surface area contributed by atoms with E-state index in [4.69, 9.17) is 4.74 Å². The Labute approximate surface area is 112 Å². The summed E-state index contributed by atoms with van der Waals surface area (Å²) in [7, 11) is 0. The highest BCUT2D eigenvalue weighted by Gasteiger charge is 2.45. The number of nitrogens with zero attached hydrogens (tertiary/aromatic N) is 1. The van der Waals surface area contributed by atoms with Crippen LogP contribution in [-0.4, -0.2) is 27.5 Å². The van der Waals surface area contributed by atoms with Crippen LogP contribution in [0.5, 0.6) is 0 Å². The van der Waals surface area contributed by atoms with Gasteiger partial charge in [0.2, 0.25) is 0 Å². The van der Waals surface area contributed by atoms with Crippen molar-refractivity contribution in [3.8, 4) is 0 Å². The molecule has 3 nitrogen and oxygen atoms in total. The van der Waals surface area contributed by atoms with Gasteiger partial charge in [-0.15, -0.1) is 0 Å². The molecule has 106 valence electrons. The van der Waals surface area contributed by atoms with Crippen molar-refractivity contribution >= 4 is 0 Å². The Morgan fingerprint density at radius 2 is 1.78 bits per heavy atom. The van der Waals surface area contributed by atoms with Crippen molar-refractivity contribution in [2.75, 3.05) is 0 Å². The lowest BCUT2D eigenvalue weighted by Crippen LogP contribution is -2.60. The molecule has 1 N–H and O–H groups in total. The summed E-state index contributed by atoms with van der Waals surface area (Å²) in [5.74, 6) is 0. The molecule has 0 aromatic rings. The molecule has 0 aromatic heterocycles. The van der Waals surface area contributed by atoms with E-state index in [0.717, 1.165) is 19.3 Å². The van der Waals surface area contributed by atoms with Gasteiger partial charge in [-0.05, 0) is 46.6 Å². The van der Waals surface area contributed by atoms with Gasteiger partial charge in [-0.3, -0.25) is 0 Å². The summed E-state index contributed by atoms with van der Waals surface area (Å²) >= 11 is 0. The minimum Gasteiger partial charge on any atom is -0.498 e. The molecule has 1 aliphatic heterocycles. The van der Waals surface area contributed by atoms with Crippen LogP contribution >= 0.6 is 0 Å². The number of allylic oxidation sites excluding steroid dienone is 1. The van der Waals surface area contributed by atoms with Gasteiger partial charge < -0.3 is 9.94 Å². The fraction of sp³-hybridized carbons (Fsp3) is 0.867. The predicted octanol–water partition coefficient (Wildman–Crippen LogP) is 4.12. The Balaban J connectivity index is 2.51. The highest BCUT2D eigenvalue weighted by molar-refractivity contribution is 4.97. The Hall–Kier alpha value is -0.540. The second kappa shape index (κ2) is 6.07. The van der Waals surface area contributed by atoms with Gasteiger partial charge >= 0.3 is 0 Å². The van der Waals surface area contributed by atoms with Gasteiger partial charge in [-0.2, -0.15) is 5.06 Å². The zero-order valence-corrected chi connectivity index (χ0v) is 12.6. The molecule has 1 saturated heterocycles. The normalized spacial score (nSPS) is 24.6. The standard InChI is InChI=1S/C15H29NO2/c1-6-7-8-9-10-18-13-11-14(2,3)16(17)15(4,5)12-13/h9-10,13,17H,6-8,11-12H2,1-5H3. The summed E-state index contributed by atoms with van der Waals surface area (Å²) in [5, 5.41) is 11.7. The highest BCUT2D eigenvalue weighted by atomic mass is 16.5. The van der Waals surface area contributed by atoms with Crippen molar-refractivity contribution < 1.29 is 9.94 Å². The molecule has 18 heavy (non-hydrogen) atoms. The summed E-state index contributed by atoms with van der Waals surface area (Å²) in [4.78, 5) is 0. The van der Waals surface area contributed by atoms with Crippen LogP contribution in [0.15, 0.2) is 12.3 Å². The molecule has 0 spiro atoms. The molecule has 1 aliphatic rings. The van der Waals surface area contributed by atoms with E-state index in [1.807, 2.05) is 6.26 Å². The minimum atomic E-state index is -0.232. The maximum absolute atomic E-state index is 10.2. The fourth-order valence-corrected chi connectivity index (χ4v) is 2.83. The van der Waals surface area contributed by atoms with Crippen LogP contribution in [0.2, 0.25) is 0 Å². The van der Waals surface area contributed by atoms with E-state index >= 15 is 0 Å². The lowest BCUT2D eigenvalue weighted by molar-refractivity contribution is -0.257. The van der Waals surface area contributed by atoms with Crippen LogP contribution in [0.3, 0.4) is 0 Å². The molecule has 1 heterocycles. The Kier molecular flexibility index (Phi) is 5.23. The molecule has 0 amide bonds. The van der Waals surface area contributed by atoms with Crippen molar-refractivity contribution in [3.05, 3.63) is 12.3 Å².